The number of rotatable bonds is 32. The second-order valence-electron chi connectivity index (χ2n) is 14.1. The third-order valence-electron chi connectivity index (χ3n) is 9.35. The molecule has 7 atom stereocenters. The molecule has 0 spiro atoms. The Morgan fingerprint density at radius 2 is 1.12 bits per heavy atom. The van der Waals surface area contributed by atoms with E-state index in [9.17, 15) is 30.3 Å². The van der Waals surface area contributed by atoms with E-state index in [1.54, 1.807) is 6.08 Å². The molecule has 6 N–H and O–H groups in total. The van der Waals surface area contributed by atoms with Gasteiger partial charge in [0.05, 0.1) is 25.4 Å². The zero-order valence-electron chi connectivity index (χ0n) is 32.1. The van der Waals surface area contributed by atoms with Gasteiger partial charge in [-0.15, -0.1) is 0 Å². The summed E-state index contributed by atoms with van der Waals surface area (Å²) in [5.74, 6) is -0.205. The lowest BCUT2D eigenvalue weighted by Gasteiger charge is -2.40. The number of carbonyl (C=O) groups is 1. The summed E-state index contributed by atoms with van der Waals surface area (Å²) in [6.07, 6.45) is 32.9. The summed E-state index contributed by atoms with van der Waals surface area (Å²) in [7, 11) is 0. The summed E-state index contributed by atoms with van der Waals surface area (Å²) in [6.45, 7) is 3.68. The zero-order valence-corrected chi connectivity index (χ0v) is 32.1. The van der Waals surface area contributed by atoms with Gasteiger partial charge in [0.1, 0.15) is 24.4 Å². The van der Waals surface area contributed by atoms with Crippen molar-refractivity contribution < 1.29 is 39.8 Å². The van der Waals surface area contributed by atoms with E-state index >= 15 is 0 Å². The molecule has 0 aliphatic carbocycles. The number of carbonyl (C=O) groups excluding carboxylic acids is 1. The Morgan fingerprint density at radius 3 is 1.69 bits per heavy atom. The van der Waals surface area contributed by atoms with Crippen LogP contribution in [-0.4, -0.2) is 87.5 Å². The number of aliphatic hydroxyl groups excluding tert-OH is 5. The normalized spacial score (nSPS) is 22.5. The van der Waals surface area contributed by atoms with Gasteiger partial charge < -0.3 is 40.3 Å². The predicted molar refractivity (Wildman–Crippen MR) is 207 cm³/mol. The van der Waals surface area contributed by atoms with Crippen molar-refractivity contribution in [2.75, 3.05) is 13.2 Å². The highest BCUT2D eigenvalue weighted by molar-refractivity contribution is 5.76. The van der Waals surface area contributed by atoms with Crippen LogP contribution >= 0.6 is 0 Å². The average Bonchev–Trinajstić information content (AvgIpc) is 3.13. The van der Waals surface area contributed by atoms with Crippen LogP contribution in [-0.2, 0) is 14.3 Å². The molecule has 1 aliphatic rings. The molecule has 0 bridgehead atoms. The first kappa shape index (κ1) is 47.2. The number of unbranched alkanes of at least 4 members (excludes halogenated alkanes) is 16. The summed E-state index contributed by atoms with van der Waals surface area (Å²) in [5.41, 5.74) is 0. The van der Waals surface area contributed by atoms with Gasteiger partial charge in [-0.1, -0.05) is 127 Å². The fourth-order valence-corrected chi connectivity index (χ4v) is 6.00. The molecule has 1 rings (SSSR count). The van der Waals surface area contributed by atoms with E-state index in [-0.39, 0.29) is 12.5 Å². The number of nitrogens with one attached hydrogen (secondary N) is 1. The van der Waals surface area contributed by atoms with Crippen molar-refractivity contribution in [2.24, 2.45) is 0 Å². The Kier molecular flexibility index (Phi) is 30.3. The number of hydrogen-bond acceptors (Lipinski definition) is 8. The summed E-state index contributed by atoms with van der Waals surface area (Å²) in [6, 6.07) is -0.830. The number of aliphatic hydroxyl groups is 5. The Bertz CT molecular complexity index is 936. The second kappa shape index (κ2) is 32.8. The fourth-order valence-electron chi connectivity index (χ4n) is 6.00. The smallest absolute Gasteiger partial charge is 0.220 e. The Balaban J connectivity index is 2.49. The van der Waals surface area contributed by atoms with E-state index < -0.39 is 49.5 Å². The van der Waals surface area contributed by atoms with E-state index in [1.807, 2.05) is 6.08 Å². The van der Waals surface area contributed by atoms with Crippen LogP contribution in [0.2, 0.25) is 0 Å². The third-order valence-corrected chi connectivity index (χ3v) is 9.35. The maximum Gasteiger partial charge on any atom is 0.220 e. The molecule has 0 radical (unpaired) electrons. The minimum absolute atomic E-state index is 0.205. The molecule has 1 heterocycles. The van der Waals surface area contributed by atoms with Crippen molar-refractivity contribution in [3.8, 4) is 0 Å². The van der Waals surface area contributed by atoms with E-state index in [2.05, 4.69) is 55.6 Å². The molecule has 1 fully saturated rings. The summed E-state index contributed by atoms with van der Waals surface area (Å²) in [4.78, 5) is 12.9. The molecule has 1 saturated heterocycles. The lowest BCUT2D eigenvalue weighted by molar-refractivity contribution is -0.302. The highest BCUT2D eigenvalue weighted by Crippen LogP contribution is 2.22. The van der Waals surface area contributed by atoms with Crippen molar-refractivity contribution >= 4 is 5.91 Å². The number of ether oxygens (including phenoxy) is 2. The quantitative estimate of drug-likeness (QED) is 0.0309. The van der Waals surface area contributed by atoms with Gasteiger partial charge >= 0.3 is 0 Å². The maximum atomic E-state index is 12.9. The minimum Gasteiger partial charge on any atom is -0.394 e. The van der Waals surface area contributed by atoms with Crippen LogP contribution in [0.3, 0.4) is 0 Å². The predicted octanol–water partition coefficient (Wildman–Crippen LogP) is 7.50. The van der Waals surface area contributed by atoms with Crippen molar-refractivity contribution in [1.82, 2.24) is 5.32 Å². The molecule has 0 aromatic heterocycles. The van der Waals surface area contributed by atoms with E-state index in [1.165, 1.54) is 57.8 Å². The standard InChI is InChI=1S/C42H75NO8/c1-3-5-7-9-11-13-15-17-18-19-20-21-23-25-27-29-31-36(45)35(34-50-42-41(49)40(48)39(47)37(33-44)51-42)43-38(46)32-30-28-26-24-22-16-14-12-10-8-6-4-2/h12,14,17-18,21,23,29,31,35-37,39-42,44-45,47-49H,3-11,13,15-16,19-20,22,24-28,30,32-34H2,1-2H3,(H,43,46)/b14-12-,18-17+,23-21+,31-29+. The number of amides is 1. The molecular weight excluding hydrogens is 646 g/mol. The molecule has 0 saturated carbocycles. The number of allylic oxidation sites excluding steroid dienone is 7. The van der Waals surface area contributed by atoms with Gasteiger partial charge in [-0.25, -0.2) is 0 Å². The van der Waals surface area contributed by atoms with Gasteiger partial charge in [0, 0.05) is 6.42 Å². The molecule has 0 aromatic rings. The fraction of sp³-hybridized carbons (Fsp3) is 0.786. The van der Waals surface area contributed by atoms with Gasteiger partial charge in [0.15, 0.2) is 6.29 Å². The second-order valence-corrected chi connectivity index (χ2v) is 14.1. The molecule has 0 aromatic carbocycles. The van der Waals surface area contributed by atoms with Crippen molar-refractivity contribution in [3.63, 3.8) is 0 Å². The number of hydrogen-bond donors (Lipinski definition) is 6. The molecule has 9 heteroatoms. The van der Waals surface area contributed by atoms with Crippen LogP contribution in [0.1, 0.15) is 155 Å². The Labute approximate surface area is 310 Å². The average molecular weight is 722 g/mol. The van der Waals surface area contributed by atoms with Crippen LogP contribution in [0.5, 0.6) is 0 Å². The zero-order chi connectivity index (χ0) is 37.4. The van der Waals surface area contributed by atoms with Crippen molar-refractivity contribution in [1.29, 1.82) is 0 Å². The molecule has 296 valence electrons. The van der Waals surface area contributed by atoms with Crippen LogP contribution in [0.25, 0.3) is 0 Å². The lowest BCUT2D eigenvalue weighted by atomic mass is 9.99. The highest BCUT2D eigenvalue weighted by atomic mass is 16.7. The van der Waals surface area contributed by atoms with Crippen LogP contribution in [0, 0.1) is 0 Å². The van der Waals surface area contributed by atoms with Crippen molar-refractivity contribution in [2.45, 2.75) is 198 Å². The van der Waals surface area contributed by atoms with E-state index in [4.69, 9.17) is 9.47 Å². The Morgan fingerprint density at radius 1 is 0.647 bits per heavy atom. The SMILES string of the molecule is CCCCC/C=C\CCCCCCCC(=O)NC(COC1OC(CO)C(O)C(O)C1O)C(O)/C=C/CC/C=C/CC/C=C/CCCCCCCC. The van der Waals surface area contributed by atoms with Crippen LogP contribution in [0.4, 0.5) is 0 Å². The topological polar surface area (TPSA) is 149 Å². The first-order valence-electron chi connectivity index (χ1n) is 20.4. The molecule has 1 aliphatic heterocycles. The summed E-state index contributed by atoms with van der Waals surface area (Å²) >= 11 is 0. The van der Waals surface area contributed by atoms with Gasteiger partial charge in [0.25, 0.3) is 0 Å². The Hall–Kier alpha value is -1.85. The molecule has 7 unspecified atom stereocenters. The highest BCUT2D eigenvalue weighted by Gasteiger charge is 2.44. The van der Waals surface area contributed by atoms with E-state index in [0.29, 0.717) is 6.42 Å². The lowest BCUT2D eigenvalue weighted by Crippen LogP contribution is -2.60. The van der Waals surface area contributed by atoms with Crippen molar-refractivity contribution in [3.05, 3.63) is 48.6 Å². The first-order chi connectivity index (χ1) is 24.8. The molecular formula is C42H75NO8. The van der Waals surface area contributed by atoms with Gasteiger partial charge in [0.2, 0.25) is 5.91 Å². The maximum absolute atomic E-state index is 12.9. The van der Waals surface area contributed by atoms with Gasteiger partial charge in [-0.2, -0.15) is 0 Å². The largest absolute Gasteiger partial charge is 0.394 e. The minimum atomic E-state index is -1.57. The van der Waals surface area contributed by atoms with Gasteiger partial charge in [-0.05, 0) is 70.6 Å². The molecule has 51 heavy (non-hydrogen) atoms. The van der Waals surface area contributed by atoms with Crippen LogP contribution < -0.4 is 5.32 Å². The first-order valence-corrected chi connectivity index (χ1v) is 20.4. The summed E-state index contributed by atoms with van der Waals surface area (Å²) in [5, 5.41) is 53.9. The molecule has 1 amide bonds. The monoisotopic (exact) mass is 722 g/mol. The van der Waals surface area contributed by atoms with E-state index in [0.717, 1.165) is 77.0 Å². The van der Waals surface area contributed by atoms with Crippen LogP contribution in [0.15, 0.2) is 48.6 Å². The van der Waals surface area contributed by atoms with Gasteiger partial charge in [-0.3, -0.25) is 4.79 Å². The third kappa shape index (κ3) is 24.2. The molecule has 9 nitrogen and oxygen atoms in total. The summed E-state index contributed by atoms with van der Waals surface area (Å²) < 4.78 is 11.1.